The van der Waals surface area contributed by atoms with Gasteiger partial charge in [0, 0.05) is 14.1 Å². The highest BCUT2D eigenvalue weighted by molar-refractivity contribution is 7.20. The van der Waals surface area contributed by atoms with Gasteiger partial charge in [-0.2, -0.15) is 0 Å². The average molecular weight is 248 g/mol. The predicted molar refractivity (Wildman–Crippen MR) is 71.7 cm³/mol. The molecule has 0 bridgehead atoms. The molecule has 0 saturated carbocycles. The molecule has 0 aliphatic rings. The summed E-state index contributed by atoms with van der Waals surface area (Å²) in [5.41, 5.74) is 2.18. The van der Waals surface area contributed by atoms with Crippen molar-refractivity contribution in [3.8, 4) is 0 Å². The lowest BCUT2D eigenvalue weighted by Crippen LogP contribution is -2.21. The number of fused-ring (bicyclic) bond motifs is 1. The van der Waals surface area contributed by atoms with Crippen LogP contribution in [0.25, 0.3) is 10.2 Å². The first-order valence-corrected chi connectivity index (χ1v) is 6.43. The maximum atomic E-state index is 11.8. The van der Waals surface area contributed by atoms with Crippen molar-refractivity contribution < 1.29 is 4.79 Å². The van der Waals surface area contributed by atoms with E-state index in [1.807, 2.05) is 0 Å². The molecule has 0 radical (unpaired) electrons. The van der Waals surface area contributed by atoms with Gasteiger partial charge >= 0.3 is 0 Å². The van der Waals surface area contributed by atoms with Crippen molar-refractivity contribution >= 4 is 27.5 Å². The van der Waals surface area contributed by atoms with Crippen molar-refractivity contribution in [2.75, 3.05) is 14.1 Å². The van der Waals surface area contributed by atoms with E-state index in [2.05, 4.69) is 37.0 Å². The first-order valence-electron chi connectivity index (χ1n) is 5.61. The Morgan fingerprint density at radius 2 is 2.06 bits per heavy atom. The summed E-state index contributed by atoms with van der Waals surface area (Å²) in [5.74, 6) is 0.450. The quantitative estimate of drug-likeness (QED) is 0.818. The molecule has 3 nitrogen and oxygen atoms in total. The van der Waals surface area contributed by atoms with Gasteiger partial charge in [-0.3, -0.25) is 4.79 Å². The van der Waals surface area contributed by atoms with Crippen LogP contribution in [0.4, 0.5) is 0 Å². The van der Waals surface area contributed by atoms with Gasteiger partial charge in [-0.05, 0) is 23.6 Å². The molecule has 1 heterocycles. The van der Waals surface area contributed by atoms with Gasteiger partial charge < -0.3 is 4.90 Å². The molecular weight excluding hydrogens is 232 g/mol. The van der Waals surface area contributed by atoms with Crippen molar-refractivity contribution in [3.05, 3.63) is 28.8 Å². The van der Waals surface area contributed by atoms with Gasteiger partial charge in [-0.15, -0.1) is 11.3 Å². The van der Waals surface area contributed by atoms with Gasteiger partial charge in [0.25, 0.3) is 5.91 Å². The summed E-state index contributed by atoms with van der Waals surface area (Å²) >= 11 is 1.45. The van der Waals surface area contributed by atoms with E-state index in [-0.39, 0.29) is 5.91 Å². The topological polar surface area (TPSA) is 33.2 Å². The molecule has 1 aromatic heterocycles. The standard InChI is InChI=1S/C13H16N2OS/c1-8(2)9-5-6-11-10(7-9)14-12(17-11)13(16)15(3)4/h5-8H,1-4H3. The summed E-state index contributed by atoms with van der Waals surface area (Å²) in [7, 11) is 3.49. The van der Waals surface area contributed by atoms with Gasteiger partial charge in [0.05, 0.1) is 10.2 Å². The summed E-state index contributed by atoms with van der Waals surface area (Å²) in [6.45, 7) is 4.30. The smallest absolute Gasteiger partial charge is 0.282 e. The van der Waals surface area contributed by atoms with E-state index in [9.17, 15) is 4.79 Å². The highest BCUT2D eigenvalue weighted by Gasteiger charge is 2.14. The van der Waals surface area contributed by atoms with E-state index in [4.69, 9.17) is 0 Å². The van der Waals surface area contributed by atoms with Crippen LogP contribution in [0.3, 0.4) is 0 Å². The Bertz CT molecular complexity index is 558. The molecule has 0 saturated heterocycles. The first kappa shape index (κ1) is 12.0. The molecule has 0 spiro atoms. The Morgan fingerprint density at radius 1 is 1.35 bits per heavy atom. The van der Waals surface area contributed by atoms with E-state index in [0.717, 1.165) is 10.2 Å². The second-order valence-corrected chi connectivity index (χ2v) is 5.63. The minimum absolute atomic E-state index is 0.0303. The number of amides is 1. The molecule has 0 N–H and O–H groups in total. The predicted octanol–water partition coefficient (Wildman–Crippen LogP) is 3.12. The molecule has 90 valence electrons. The normalized spacial score (nSPS) is 11.1. The highest BCUT2D eigenvalue weighted by atomic mass is 32.1. The third-order valence-electron chi connectivity index (χ3n) is 2.67. The molecule has 2 rings (SSSR count). The molecule has 17 heavy (non-hydrogen) atoms. The van der Waals surface area contributed by atoms with Crippen LogP contribution in [-0.4, -0.2) is 29.9 Å². The van der Waals surface area contributed by atoms with Crippen molar-refractivity contribution in [1.82, 2.24) is 9.88 Å². The zero-order valence-corrected chi connectivity index (χ0v) is 11.3. The SMILES string of the molecule is CC(C)c1ccc2sc(C(=O)N(C)C)nc2c1. The van der Waals surface area contributed by atoms with Gasteiger partial charge in [0.15, 0.2) is 5.01 Å². The number of aromatic nitrogens is 1. The number of benzene rings is 1. The minimum atomic E-state index is -0.0303. The number of carbonyl (C=O) groups excluding carboxylic acids is 1. The molecule has 0 unspecified atom stereocenters. The Hall–Kier alpha value is -1.42. The van der Waals surface area contributed by atoms with Crippen LogP contribution in [0.1, 0.15) is 35.1 Å². The van der Waals surface area contributed by atoms with Crippen molar-refractivity contribution in [3.63, 3.8) is 0 Å². The number of carbonyl (C=O) groups is 1. The zero-order valence-electron chi connectivity index (χ0n) is 10.5. The third-order valence-corrected chi connectivity index (χ3v) is 3.69. The van der Waals surface area contributed by atoms with Crippen LogP contribution in [0.2, 0.25) is 0 Å². The molecule has 1 aromatic carbocycles. The summed E-state index contributed by atoms with van der Waals surface area (Å²) < 4.78 is 1.07. The summed E-state index contributed by atoms with van der Waals surface area (Å²) in [6, 6.07) is 6.23. The molecule has 0 atom stereocenters. The summed E-state index contributed by atoms with van der Waals surface area (Å²) in [4.78, 5) is 17.8. The number of rotatable bonds is 2. The van der Waals surface area contributed by atoms with Crippen molar-refractivity contribution in [2.45, 2.75) is 19.8 Å². The van der Waals surface area contributed by atoms with Crippen LogP contribution in [-0.2, 0) is 0 Å². The van der Waals surface area contributed by atoms with E-state index in [0.29, 0.717) is 10.9 Å². The summed E-state index contributed by atoms with van der Waals surface area (Å²) in [5, 5.41) is 0.561. The third kappa shape index (κ3) is 2.31. The largest absolute Gasteiger partial charge is 0.343 e. The monoisotopic (exact) mass is 248 g/mol. The van der Waals surface area contributed by atoms with Gasteiger partial charge in [-0.25, -0.2) is 4.98 Å². The Balaban J connectivity index is 2.47. The fraction of sp³-hybridized carbons (Fsp3) is 0.385. The first-order chi connectivity index (χ1) is 7.99. The van der Waals surface area contributed by atoms with Crippen LogP contribution in [0.5, 0.6) is 0 Å². The lowest BCUT2D eigenvalue weighted by atomic mass is 10.0. The van der Waals surface area contributed by atoms with Crippen molar-refractivity contribution in [2.24, 2.45) is 0 Å². The van der Waals surface area contributed by atoms with Crippen molar-refractivity contribution in [1.29, 1.82) is 0 Å². The molecule has 0 aliphatic carbocycles. The Morgan fingerprint density at radius 3 is 2.65 bits per heavy atom. The number of hydrogen-bond donors (Lipinski definition) is 0. The maximum Gasteiger partial charge on any atom is 0.282 e. The van der Waals surface area contributed by atoms with E-state index < -0.39 is 0 Å². The molecule has 0 aliphatic heterocycles. The molecule has 4 heteroatoms. The van der Waals surface area contributed by atoms with Crippen LogP contribution in [0.15, 0.2) is 18.2 Å². The van der Waals surface area contributed by atoms with Crippen LogP contribution < -0.4 is 0 Å². The van der Waals surface area contributed by atoms with Gasteiger partial charge in [0.1, 0.15) is 0 Å². The number of thiazole rings is 1. The second-order valence-electron chi connectivity index (χ2n) is 4.60. The lowest BCUT2D eigenvalue weighted by molar-refractivity contribution is 0.0827. The van der Waals surface area contributed by atoms with Gasteiger partial charge in [0.2, 0.25) is 0 Å². The number of nitrogens with zero attached hydrogens (tertiary/aromatic N) is 2. The van der Waals surface area contributed by atoms with E-state index >= 15 is 0 Å². The van der Waals surface area contributed by atoms with E-state index in [1.54, 1.807) is 19.0 Å². The van der Waals surface area contributed by atoms with Gasteiger partial charge in [-0.1, -0.05) is 19.9 Å². The summed E-state index contributed by atoms with van der Waals surface area (Å²) in [6.07, 6.45) is 0. The lowest BCUT2D eigenvalue weighted by Gasteiger charge is -2.05. The fourth-order valence-electron chi connectivity index (χ4n) is 1.59. The Labute approximate surface area is 105 Å². The Kier molecular flexibility index (Phi) is 3.15. The fourth-order valence-corrected chi connectivity index (χ4v) is 2.55. The molecular formula is C13H16N2OS. The average Bonchev–Trinajstić information content (AvgIpc) is 2.69. The molecule has 1 amide bonds. The van der Waals surface area contributed by atoms with E-state index in [1.165, 1.54) is 16.9 Å². The maximum absolute atomic E-state index is 11.8. The molecule has 0 fully saturated rings. The second kappa shape index (κ2) is 4.45. The van der Waals surface area contributed by atoms with Crippen LogP contribution in [0, 0.1) is 0 Å². The zero-order chi connectivity index (χ0) is 12.6. The molecule has 2 aromatic rings. The van der Waals surface area contributed by atoms with Crippen LogP contribution >= 0.6 is 11.3 Å². The number of hydrogen-bond acceptors (Lipinski definition) is 3. The minimum Gasteiger partial charge on any atom is -0.343 e. The highest BCUT2D eigenvalue weighted by Crippen LogP contribution is 2.26.